The largest absolute Gasteiger partial charge is 0.460 e. The third-order valence-corrected chi connectivity index (χ3v) is 4.12. The first kappa shape index (κ1) is 14.4. The second-order valence-electron chi connectivity index (χ2n) is 5.35. The zero-order chi connectivity index (χ0) is 12.4. The Kier molecular flexibility index (Phi) is 4.83. The van der Waals surface area contributed by atoms with E-state index in [1.807, 2.05) is 30.3 Å². The molecule has 0 aromatic heterocycles. The minimum Gasteiger partial charge on any atom is -0.460 e. The summed E-state index contributed by atoms with van der Waals surface area (Å²) in [5.74, 6) is 0.604. The monoisotopic (exact) mass is 281 g/mol. The summed E-state index contributed by atoms with van der Waals surface area (Å²) in [7, 11) is 0. The molecule has 0 spiro atoms. The molecule has 3 rings (SSSR count). The number of benzene rings is 1. The van der Waals surface area contributed by atoms with Crippen molar-refractivity contribution < 1.29 is 9.53 Å². The lowest BCUT2D eigenvalue weighted by Gasteiger charge is -2.12. The van der Waals surface area contributed by atoms with E-state index < -0.39 is 0 Å². The summed E-state index contributed by atoms with van der Waals surface area (Å²) < 4.78 is 5.38. The van der Waals surface area contributed by atoms with Gasteiger partial charge in [-0.25, -0.2) is 0 Å². The summed E-state index contributed by atoms with van der Waals surface area (Å²) in [6.07, 6.45) is 4.74. The van der Waals surface area contributed by atoms with Gasteiger partial charge in [0, 0.05) is 6.04 Å². The number of hydrogen-bond acceptors (Lipinski definition) is 3. The van der Waals surface area contributed by atoms with Gasteiger partial charge in [-0.1, -0.05) is 36.8 Å². The van der Waals surface area contributed by atoms with Crippen LogP contribution in [0, 0.1) is 5.92 Å². The highest BCUT2D eigenvalue weighted by Gasteiger charge is 2.40. The van der Waals surface area contributed by atoms with Crippen LogP contribution >= 0.6 is 12.4 Å². The molecule has 19 heavy (non-hydrogen) atoms. The van der Waals surface area contributed by atoms with Gasteiger partial charge in [-0.15, -0.1) is 12.4 Å². The fourth-order valence-corrected chi connectivity index (χ4v) is 3.16. The van der Waals surface area contributed by atoms with Crippen LogP contribution < -0.4 is 5.32 Å². The lowest BCUT2D eigenvalue weighted by molar-refractivity contribution is -0.147. The summed E-state index contributed by atoms with van der Waals surface area (Å²) in [6, 6.07) is 10.3. The fourth-order valence-electron chi connectivity index (χ4n) is 3.16. The number of halogens is 1. The Morgan fingerprint density at radius 3 is 2.79 bits per heavy atom. The highest BCUT2D eigenvalue weighted by atomic mass is 35.5. The Morgan fingerprint density at radius 2 is 2.05 bits per heavy atom. The molecule has 3 atom stereocenters. The standard InChI is InChI=1S/C15H19NO2.ClH/c17-15(18-10-11-5-2-1-3-6-11)14-9-12-7-4-8-13(12)16-14;/h1-3,5-6,12-14,16H,4,7-10H2;1H/t12-,13-,14+;/m0./s1. The molecule has 1 aromatic carbocycles. The minimum atomic E-state index is -0.0896. The molecule has 1 aromatic rings. The third-order valence-electron chi connectivity index (χ3n) is 4.12. The molecule has 1 saturated heterocycles. The molecule has 0 bridgehead atoms. The number of ether oxygens (including phenoxy) is 1. The molecule has 104 valence electrons. The Balaban J connectivity index is 0.00000133. The predicted molar refractivity (Wildman–Crippen MR) is 76.2 cm³/mol. The van der Waals surface area contributed by atoms with Crippen LogP contribution in [0.15, 0.2) is 30.3 Å². The molecule has 0 amide bonds. The second-order valence-corrected chi connectivity index (χ2v) is 5.35. The van der Waals surface area contributed by atoms with Gasteiger partial charge in [0.25, 0.3) is 0 Å². The molecule has 1 aliphatic heterocycles. The van der Waals surface area contributed by atoms with Crippen molar-refractivity contribution in [3.05, 3.63) is 35.9 Å². The Bertz CT molecular complexity index is 411. The van der Waals surface area contributed by atoms with E-state index in [-0.39, 0.29) is 24.4 Å². The molecule has 4 heteroatoms. The number of nitrogens with one attached hydrogen (secondary N) is 1. The van der Waals surface area contributed by atoms with E-state index in [0.29, 0.717) is 18.6 Å². The van der Waals surface area contributed by atoms with Crippen molar-refractivity contribution in [3.8, 4) is 0 Å². The number of hydrogen-bond donors (Lipinski definition) is 1. The van der Waals surface area contributed by atoms with Gasteiger partial charge in [0.2, 0.25) is 0 Å². The summed E-state index contributed by atoms with van der Waals surface area (Å²) in [4.78, 5) is 12.0. The second kappa shape index (κ2) is 6.40. The molecule has 1 aliphatic carbocycles. The van der Waals surface area contributed by atoms with E-state index in [2.05, 4.69) is 5.32 Å². The van der Waals surface area contributed by atoms with E-state index in [4.69, 9.17) is 4.74 Å². The van der Waals surface area contributed by atoms with Gasteiger partial charge < -0.3 is 10.1 Å². The van der Waals surface area contributed by atoms with Gasteiger partial charge in [0.1, 0.15) is 12.6 Å². The number of esters is 1. The lowest BCUT2D eigenvalue weighted by Crippen LogP contribution is -2.36. The number of rotatable bonds is 3. The maximum Gasteiger partial charge on any atom is 0.323 e. The van der Waals surface area contributed by atoms with E-state index in [9.17, 15) is 4.79 Å². The van der Waals surface area contributed by atoms with Crippen molar-refractivity contribution in [1.82, 2.24) is 5.32 Å². The van der Waals surface area contributed by atoms with Crippen molar-refractivity contribution >= 4 is 18.4 Å². The summed E-state index contributed by atoms with van der Waals surface area (Å²) >= 11 is 0. The maximum atomic E-state index is 12.0. The van der Waals surface area contributed by atoms with Crippen molar-refractivity contribution in [3.63, 3.8) is 0 Å². The van der Waals surface area contributed by atoms with Crippen molar-refractivity contribution in [2.45, 2.75) is 44.4 Å². The molecule has 3 nitrogen and oxygen atoms in total. The fraction of sp³-hybridized carbons (Fsp3) is 0.533. The smallest absolute Gasteiger partial charge is 0.323 e. The minimum absolute atomic E-state index is 0. The number of carbonyl (C=O) groups excluding carboxylic acids is 1. The average molecular weight is 282 g/mol. The molecular formula is C15H20ClNO2. The van der Waals surface area contributed by atoms with Crippen LogP contribution in [-0.4, -0.2) is 18.1 Å². The van der Waals surface area contributed by atoms with Gasteiger partial charge in [-0.2, -0.15) is 0 Å². The van der Waals surface area contributed by atoms with Crippen LogP contribution in [0.3, 0.4) is 0 Å². The van der Waals surface area contributed by atoms with Crippen LogP contribution in [0.4, 0.5) is 0 Å². The highest BCUT2D eigenvalue weighted by molar-refractivity contribution is 5.85. The quantitative estimate of drug-likeness (QED) is 0.866. The van der Waals surface area contributed by atoms with Crippen LogP contribution in [0.25, 0.3) is 0 Å². The topological polar surface area (TPSA) is 38.3 Å². The maximum absolute atomic E-state index is 12.0. The van der Waals surface area contributed by atoms with Crippen LogP contribution in [0.2, 0.25) is 0 Å². The molecule has 1 saturated carbocycles. The van der Waals surface area contributed by atoms with Gasteiger partial charge in [-0.3, -0.25) is 4.79 Å². The Labute approximate surface area is 120 Å². The van der Waals surface area contributed by atoms with Gasteiger partial charge in [0.05, 0.1) is 0 Å². The third kappa shape index (κ3) is 3.28. The first-order chi connectivity index (χ1) is 8.83. The lowest BCUT2D eigenvalue weighted by atomic mass is 10.0. The van der Waals surface area contributed by atoms with Crippen molar-refractivity contribution in [1.29, 1.82) is 0 Å². The van der Waals surface area contributed by atoms with Crippen molar-refractivity contribution in [2.75, 3.05) is 0 Å². The molecule has 2 fully saturated rings. The van der Waals surface area contributed by atoms with Gasteiger partial charge in [0.15, 0.2) is 0 Å². The van der Waals surface area contributed by atoms with Crippen molar-refractivity contribution in [2.24, 2.45) is 5.92 Å². The number of fused-ring (bicyclic) bond motifs is 1. The summed E-state index contributed by atoms with van der Waals surface area (Å²) in [6.45, 7) is 0.382. The normalized spacial score (nSPS) is 28.5. The van der Waals surface area contributed by atoms with Crippen LogP contribution in [0.5, 0.6) is 0 Å². The number of carbonyl (C=O) groups is 1. The van der Waals surface area contributed by atoms with E-state index >= 15 is 0 Å². The van der Waals surface area contributed by atoms with Gasteiger partial charge in [-0.05, 0) is 30.7 Å². The molecule has 1 heterocycles. The van der Waals surface area contributed by atoms with E-state index in [1.165, 1.54) is 19.3 Å². The van der Waals surface area contributed by atoms with Crippen LogP contribution in [-0.2, 0) is 16.1 Å². The summed E-state index contributed by atoms with van der Waals surface area (Å²) in [5.41, 5.74) is 1.05. The molecular weight excluding hydrogens is 262 g/mol. The SMILES string of the molecule is Cl.O=C(OCc1ccccc1)[C@H]1C[C@@H]2CCC[C@@H]2N1. The summed E-state index contributed by atoms with van der Waals surface area (Å²) in [5, 5.41) is 3.41. The first-order valence-electron chi connectivity index (χ1n) is 6.79. The zero-order valence-electron chi connectivity index (χ0n) is 10.9. The van der Waals surface area contributed by atoms with Gasteiger partial charge >= 0.3 is 5.97 Å². The van der Waals surface area contributed by atoms with E-state index in [1.54, 1.807) is 0 Å². The Hall–Kier alpha value is -1.06. The zero-order valence-corrected chi connectivity index (χ0v) is 11.7. The molecule has 2 aliphatic rings. The van der Waals surface area contributed by atoms with Crippen LogP contribution in [0.1, 0.15) is 31.2 Å². The molecule has 0 unspecified atom stereocenters. The molecule has 0 radical (unpaired) electrons. The highest BCUT2D eigenvalue weighted by Crippen LogP contribution is 2.34. The van der Waals surface area contributed by atoms with E-state index in [0.717, 1.165) is 12.0 Å². The average Bonchev–Trinajstić information content (AvgIpc) is 2.98. The molecule has 1 N–H and O–H groups in total. The first-order valence-corrected chi connectivity index (χ1v) is 6.79. The predicted octanol–water partition coefficient (Wildman–Crippen LogP) is 2.68. The Morgan fingerprint density at radius 1 is 1.26 bits per heavy atom.